The molecule has 0 radical (unpaired) electrons. The molecule has 3 rings (SSSR count). The zero-order valence-corrected chi connectivity index (χ0v) is 19.0. The molecule has 1 heteroatoms. The molecule has 0 aromatic heterocycles. The van der Waals surface area contributed by atoms with Gasteiger partial charge in [-0.1, -0.05) is 103 Å². The molecule has 0 amide bonds. The van der Waals surface area contributed by atoms with E-state index in [1.807, 2.05) is 0 Å². The van der Waals surface area contributed by atoms with Gasteiger partial charge in [-0.15, -0.1) is 0 Å². The summed E-state index contributed by atoms with van der Waals surface area (Å²) in [5.41, 5.74) is 5.08. The summed E-state index contributed by atoms with van der Waals surface area (Å²) in [4.78, 5) is 2.73. The van der Waals surface area contributed by atoms with Gasteiger partial charge in [0.05, 0.1) is 0 Å². The first-order valence-corrected chi connectivity index (χ1v) is 11.0. The van der Waals surface area contributed by atoms with Gasteiger partial charge in [-0.2, -0.15) is 0 Å². The van der Waals surface area contributed by atoms with Gasteiger partial charge in [0.25, 0.3) is 0 Å². The molecule has 2 aromatic rings. The van der Waals surface area contributed by atoms with Gasteiger partial charge in [0.2, 0.25) is 0 Å². The van der Waals surface area contributed by atoms with Crippen molar-refractivity contribution >= 4 is 0 Å². The van der Waals surface area contributed by atoms with Gasteiger partial charge in [0, 0.05) is 12.6 Å². The second kappa shape index (κ2) is 8.03. The molecule has 28 heavy (non-hydrogen) atoms. The molecule has 3 unspecified atom stereocenters. The first-order chi connectivity index (χ1) is 13.1. The van der Waals surface area contributed by atoms with E-state index in [1.54, 1.807) is 11.1 Å². The maximum absolute atomic E-state index is 2.73. The first kappa shape index (κ1) is 21.1. The molecule has 0 saturated carbocycles. The van der Waals surface area contributed by atoms with Crippen LogP contribution in [0.15, 0.2) is 54.6 Å². The van der Waals surface area contributed by atoms with E-state index >= 15 is 0 Å². The lowest BCUT2D eigenvalue weighted by Crippen LogP contribution is -2.35. The zero-order valence-electron chi connectivity index (χ0n) is 19.0. The van der Waals surface area contributed by atoms with Crippen LogP contribution in [0.2, 0.25) is 0 Å². The van der Waals surface area contributed by atoms with Gasteiger partial charge in [0.1, 0.15) is 0 Å². The maximum Gasteiger partial charge on any atom is 0.0396 e. The second-order valence-electron chi connectivity index (χ2n) is 10.9. The zero-order chi connectivity index (χ0) is 20.5. The third-order valence-corrected chi connectivity index (χ3v) is 6.72. The highest BCUT2D eigenvalue weighted by molar-refractivity contribution is 5.35. The smallest absolute Gasteiger partial charge is 0.0396 e. The Hall–Kier alpha value is -1.60. The fraction of sp³-hybridized carbons (Fsp3) is 0.556. The molecule has 1 heterocycles. The van der Waals surface area contributed by atoms with Crippen molar-refractivity contribution in [2.75, 3.05) is 13.1 Å². The Kier molecular flexibility index (Phi) is 6.05. The standard InChI is InChI=1S/C27H39N/c1-20(26(2,3)4)23-15-11-12-16-24(23)22-17-18-28(19-22)25(27(5,6)7)21-13-9-8-10-14-21/h8-16,20,22,25H,17-19H2,1-7H3. The average molecular weight is 378 g/mol. The van der Waals surface area contributed by atoms with E-state index in [9.17, 15) is 0 Å². The molecule has 1 nitrogen and oxygen atoms in total. The van der Waals surface area contributed by atoms with Gasteiger partial charge in [-0.05, 0) is 52.3 Å². The molecule has 1 aliphatic rings. The number of benzene rings is 2. The topological polar surface area (TPSA) is 3.24 Å². The average Bonchev–Trinajstić information content (AvgIpc) is 3.09. The second-order valence-corrected chi connectivity index (χ2v) is 10.9. The van der Waals surface area contributed by atoms with Crippen molar-refractivity contribution in [1.82, 2.24) is 4.90 Å². The quantitative estimate of drug-likeness (QED) is 0.536. The predicted molar refractivity (Wildman–Crippen MR) is 122 cm³/mol. The van der Waals surface area contributed by atoms with Crippen molar-refractivity contribution in [3.63, 3.8) is 0 Å². The maximum atomic E-state index is 2.73. The molecule has 0 spiro atoms. The number of hydrogen-bond acceptors (Lipinski definition) is 1. The van der Waals surface area contributed by atoms with Crippen molar-refractivity contribution in [3.8, 4) is 0 Å². The Morgan fingerprint density at radius 2 is 1.43 bits per heavy atom. The van der Waals surface area contributed by atoms with Crippen LogP contribution in [0, 0.1) is 10.8 Å². The highest BCUT2D eigenvalue weighted by Crippen LogP contribution is 2.44. The molecule has 0 bridgehead atoms. The van der Waals surface area contributed by atoms with E-state index in [1.165, 1.54) is 18.5 Å². The van der Waals surface area contributed by atoms with Crippen LogP contribution in [0.25, 0.3) is 0 Å². The van der Waals surface area contributed by atoms with Crippen molar-refractivity contribution in [2.24, 2.45) is 10.8 Å². The van der Waals surface area contributed by atoms with Gasteiger partial charge >= 0.3 is 0 Å². The highest BCUT2D eigenvalue weighted by Gasteiger charge is 2.37. The van der Waals surface area contributed by atoms with Gasteiger partial charge in [-0.25, -0.2) is 0 Å². The molecule has 2 aromatic carbocycles. The fourth-order valence-corrected chi connectivity index (χ4v) is 4.91. The van der Waals surface area contributed by atoms with E-state index in [-0.39, 0.29) is 10.8 Å². The van der Waals surface area contributed by atoms with Crippen LogP contribution in [0.5, 0.6) is 0 Å². The van der Waals surface area contributed by atoms with E-state index in [2.05, 4.69) is 108 Å². The van der Waals surface area contributed by atoms with E-state index in [0.717, 1.165) is 6.54 Å². The third-order valence-electron chi connectivity index (χ3n) is 6.72. The molecular weight excluding hydrogens is 338 g/mol. The van der Waals surface area contributed by atoms with Crippen LogP contribution < -0.4 is 0 Å². The largest absolute Gasteiger partial charge is 0.295 e. The van der Waals surface area contributed by atoms with Crippen molar-refractivity contribution in [3.05, 3.63) is 71.3 Å². The summed E-state index contributed by atoms with van der Waals surface area (Å²) in [7, 11) is 0. The minimum Gasteiger partial charge on any atom is -0.295 e. The molecule has 1 fully saturated rings. The molecule has 152 valence electrons. The Balaban J connectivity index is 1.88. The molecule has 3 atom stereocenters. The van der Waals surface area contributed by atoms with Gasteiger partial charge in [-0.3, -0.25) is 4.90 Å². The summed E-state index contributed by atoms with van der Waals surface area (Å²) in [6.45, 7) is 19.0. The predicted octanol–water partition coefficient (Wildman–Crippen LogP) is 7.41. The summed E-state index contributed by atoms with van der Waals surface area (Å²) in [5.74, 6) is 1.19. The molecule has 1 saturated heterocycles. The van der Waals surface area contributed by atoms with Crippen LogP contribution in [0.3, 0.4) is 0 Å². The highest BCUT2D eigenvalue weighted by atomic mass is 15.2. The van der Waals surface area contributed by atoms with Gasteiger partial charge < -0.3 is 0 Å². The molecule has 0 aliphatic carbocycles. The minimum atomic E-state index is 0.217. The fourth-order valence-electron chi connectivity index (χ4n) is 4.91. The van der Waals surface area contributed by atoms with Crippen LogP contribution >= 0.6 is 0 Å². The third kappa shape index (κ3) is 4.51. The SMILES string of the molecule is CC(c1ccccc1C1CCN(C(c2ccccc2)C(C)(C)C)C1)C(C)(C)C. The summed E-state index contributed by atoms with van der Waals surface area (Å²) >= 11 is 0. The number of likely N-dealkylation sites (tertiary alicyclic amines) is 1. The van der Waals surface area contributed by atoms with E-state index in [4.69, 9.17) is 0 Å². The Labute approximate surface area is 173 Å². The normalized spacial score (nSPS) is 20.9. The van der Waals surface area contributed by atoms with Crippen molar-refractivity contribution in [1.29, 1.82) is 0 Å². The van der Waals surface area contributed by atoms with Crippen molar-refractivity contribution < 1.29 is 0 Å². The van der Waals surface area contributed by atoms with Crippen molar-refractivity contribution in [2.45, 2.75) is 72.8 Å². The number of rotatable bonds is 4. The Morgan fingerprint density at radius 3 is 2.04 bits per heavy atom. The lowest BCUT2D eigenvalue weighted by Gasteiger charge is -2.39. The lowest BCUT2D eigenvalue weighted by atomic mass is 9.74. The van der Waals surface area contributed by atoms with E-state index < -0.39 is 0 Å². The summed E-state index contributed by atoms with van der Waals surface area (Å²) in [5, 5.41) is 0. The lowest BCUT2D eigenvalue weighted by molar-refractivity contribution is 0.123. The Morgan fingerprint density at radius 1 is 0.821 bits per heavy atom. The summed E-state index contributed by atoms with van der Waals surface area (Å²) in [6.07, 6.45) is 1.26. The minimum absolute atomic E-state index is 0.217. The number of hydrogen-bond donors (Lipinski definition) is 0. The van der Waals surface area contributed by atoms with Crippen LogP contribution in [0.1, 0.15) is 89.5 Å². The van der Waals surface area contributed by atoms with E-state index in [0.29, 0.717) is 17.9 Å². The monoisotopic (exact) mass is 377 g/mol. The summed E-state index contributed by atoms with van der Waals surface area (Å²) < 4.78 is 0. The number of nitrogens with zero attached hydrogens (tertiary/aromatic N) is 1. The van der Waals surface area contributed by atoms with Crippen LogP contribution in [-0.4, -0.2) is 18.0 Å². The summed E-state index contributed by atoms with van der Waals surface area (Å²) in [6, 6.07) is 20.8. The van der Waals surface area contributed by atoms with Gasteiger partial charge in [0.15, 0.2) is 0 Å². The van der Waals surface area contributed by atoms with Crippen LogP contribution in [0.4, 0.5) is 0 Å². The Bertz CT molecular complexity index is 763. The van der Waals surface area contributed by atoms with Crippen LogP contribution in [-0.2, 0) is 0 Å². The molecule has 1 aliphatic heterocycles. The molecule has 0 N–H and O–H groups in total. The first-order valence-electron chi connectivity index (χ1n) is 11.0. The molecular formula is C27H39N.